The number of ether oxygens (including phenoxy) is 1. The summed E-state index contributed by atoms with van der Waals surface area (Å²) in [5.74, 6) is 0.0940. The fourth-order valence-corrected chi connectivity index (χ4v) is 2.42. The summed E-state index contributed by atoms with van der Waals surface area (Å²) in [5.41, 5.74) is 0.852. The topological polar surface area (TPSA) is 43.4 Å². The van der Waals surface area contributed by atoms with Gasteiger partial charge in [-0.3, -0.25) is 9.59 Å². The first kappa shape index (κ1) is 19.9. The van der Waals surface area contributed by atoms with E-state index in [1.54, 1.807) is 6.08 Å². The number of unbranched alkanes of at least 4 members (excludes halogenated alkanes) is 1. The fraction of sp³-hybridized carbons (Fsp3) is 0.429. The van der Waals surface area contributed by atoms with Crippen LogP contribution in [-0.4, -0.2) is 18.9 Å². The zero-order chi connectivity index (χ0) is 17.6. The predicted octanol–water partition coefficient (Wildman–Crippen LogP) is 4.87. The molecule has 0 aromatic carbocycles. The molecule has 0 radical (unpaired) electrons. The van der Waals surface area contributed by atoms with Crippen LogP contribution in [0.3, 0.4) is 0 Å². The van der Waals surface area contributed by atoms with E-state index in [0.29, 0.717) is 6.42 Å². The first-order valence-corrected chi connectivity index (χ1v) is 8.65. The number of esters is 1. The zero-order valence-corrected chi connectivity index (χ0v) is 14.7. The highest BCUT2D eigenvalue weighted by Gasteiger charge is 2.20. The normalized spacial score (nSPS) is 19.5. The van der Waals surface area contributed by atoms with Crippen molar-refractivity contribution in [3.63, 3.8) is 0 Å². The van der Waals surface area contributed by atoms with Crippen LogP contribution in [0.4, 0.5) is 0 Å². The summed E-state index contributed by atoms with van der Waals surface area (Å²) < 4.78 is 4.60. The molecular formula is C21H28O3. The minimum absolute atomic E-state index is 0.104. The average Bonchev–Trinajstić information content (AvgIpc) is 2.94. The van der Waals surface area contributed by atoms with Crippen molar-refractivity contribution in [2.75, 3.05) is 7.11 Å². The molecule has 130 valence electrons. The van der Waals surface area contributed by atoms with Gasteiger partial charge >= 0.3 is 5.97 Å². The second-order valence-corrected chi connectivity index (χ2v) is 5.67. The van der Waals surface area contributed by atoms with Crippen LogP contribution in [0.5, 0.6) is 0 Å². The molecule has 0 fully saturated rings. The lowest BCUT2D eigenvalue weighted by Crippen LogP contribution is -2.01. The van der Waals surface area contributed by atoms with Crippen LogP contribution in [-0.2, 0) is 14.3 Å². The monoisotopic (exact) mass is 328 g/mol. The van der Waals surface area contributed by atoms with Crippen molar-refractivity contribution in [2.24, 2.45) is 5.92 Å². The SMILES string of the molecule is CC/C=C\C/C=C/C=C1/C(=O)C=C[C@@H]1C/C=C\CCCC(=O)OC. The molecule has 0 aromatic rings. The maximum Gasteiger partial charge on any atom is 0.305 e. The molecule has 1 atom stereocenters. The molecule has 24 heavy (non-hydrogen) atoms. The molecule has 0 aliphatic heterocycles. The smallest absolute Gasteiger partial charge is 0.305 e. The number of allylic oxidation sites excluding steroid dienone is 10. The molecule has 0 aromatic heterocycles. The van der Waals surface area contributed by atoms with E-state index in [1.807, 2.05) is 18.2 Å². The number of carbonyl (C=O) groups excluding carboxylic acids is 2. The Morgan fingerprint density at radius 1 is 1.21 bits per heavy atom. The summed E-state index contributed by atoms with van der Waals surface area (Å²) in [6.07, 6.45) is 22.8. The van der Waals surface area contributed by atoms with Gasteiger partial charge in [0.1, 0.15) is 0 Å². The molecule has 0 N–H and O–H groups in total. The Labute approximate surface area is 145 Å². The summed E-state index contributed by atoms with van der Waals surface area (Å²) in [4.78, 5) is 22.9. The van der Waals surface area contributed by atoms with Gasteiger partial charge in [0.25, 0.3) is 0 Å². The van der Waals surface area contributed by atoms with Crippen LogP contribution in [0.15, 0.2) is 60.3 Å². The van der Waals surface area contributed by atoms with Crippen molar-refractivity contribution in [3.8, 4) is 0 Å². The van der Waals surface area contributed by atoms with Gasteiger partial charge in [0, 0.05) is 17.9 Å². The Kier molecular flexibility index (Phi) is 10.2. The first-order chi connectivity index (χ1) is 11.7. The Balaban J connectivity index is 2.40. The highest BCUT2D eigenvalue weighted by Crippen LogP contribution is 2.25. The molecule has 1 aliphatic carbocycles. The summed E-state index contributed by atoms with van der Waals surface area (Å²) in [7, 11) is 1.41. The third-order valence-corrected chi connectivity index (χ3v) is 3.79. The van der Waals surface area contributed by atoms with Gasteiger partial charge < -0.3 is 4.74 Å². The second kappa shape index (κ2) is 12.3. The minimum atomic E-state index is -0.168. The average molecular weight is 328 g/mol. The van der Waals surface area contributed by atoms with E-state index in [1.165, 1.54) is 7.11 Å². The molecule has 0 saturated carbocycles. The molecule has 3 nitrogen and oxygen atoms in total. The van der Waals surface area contributed by atoms with Gasteiger partial charge in [-0.15, -0.1) is 0 Å². The molecule has 0 amide bonds. The van der Waals surface area contributed by atoms with Gasteiger partial charge in [-0.25, -0.2) is 0 Å². The summed E-state index contributed by atoms with van der Waals surface area (Å²) in [6.45, 7) is 2.11. The number of carbonyl (C=O) groups is 2. The summed E-state index contributed by atoms with van der Waals surface area (Å²) >= 11 is 0. The molecule has 0 heterocycles. The van der Waals surface area contributed by atoms with Crippen LogP contribution < -0.4 is 0 Å². The zero-order valence-electron chi connectivity index (χ0n) is 14.7. The van der Waals surface area contributed by atoms with E-state index >= 15 is 0 Å². The quantitative estimate of drug-likeness (QED) is 0.249. The highest BCUT2D eigenvalue weighted by molar-refractivity contribution is 6.07. The van der Waals surface area contributed by atoms with E-state index in [2.05, 4.69) is 42.0 Å². The standard InChI is InChI=1S/C21H28O3/c1-3-4-5-6-7-11-14-19-18(16-17-20(19)22)13-10-8-9-12-15-21(23)24-2/h4-5,7-8,10-11,14,16-18H,3,6,9,12-13,15H2,1-2H3/b5-4-,10-8-,11-7+,19-14+/t18-/m0/s1. The van der Waals surface area contributed by atoms with E-state index in [4.69, 9.17) is 0 Å². The van der Waals surface area contributed by atoms with Crippen LogP contribution in [0.1, 0.15) is 45.4 Å². The molecule has 0 bridgehead atoms. The van der Waals surface area contributed by atoms with E-state index in [9.17, 15) is 9.59 Å². The second-order valence-electron chi connectivity index (χ2n) is 5.67. The van der Waals surface area contributed by atoms with Gasteiger partial charge in [-0.1, -0.05) is 55.5 Å². The lowest BCUT2D eigenvalue weighted by Gasteiger charge is -2.06. The van der Waals surface area contributed by atoms with E-state index in [-0.39, 0.29) is 17.7 Å². The van der Waals surface area contributed by atoms with Crippen LogP contribution >= 0.6 is 0 Å². The van der Waals surface area contributed by atoms with Gasteiger partial charge in [0.2, 0.25) is 0 Å². The van der Waals surface area contributed by atoms with Gasteiger partial charge in [0.05, 0.1) is 7.11 Å². The summed E-state index contributed by atoms with van der Waals surface area (Å²) in [5, 5.41) is 0. The van der Waals surface area contributed by atoms with Gasteiger partial charge in [-0.05, 0) is 38.2 Å². The van der Waals surface area contributed by atoms with Crippen LogP contribution in [0, 0.1) is 5.92 Å². The van der Waals surface area contributed by atoms with Crippen molar-refractivity contribution in [1.82, 2.24) is 0 Å². The number of hydrogen-bond donors (Lipinski definition) is 0. The lowest BCUT2D eigenvalue weighted by molar-refractivity contribution is -0.140. The molecule has 1 aliphatic rings. The largest absolute Gasteiger partial charge is 0.469 e. The number of ketones is 1. The van der Waals surface area contributed by atoms with E-state index < -0.39 is 0 Å². The van der Waals surface area contributed by atoms with Crippen molar-refractivity contribution in [1.29, 1.82) is 0 Å². The molecule has 0 spiro atoms. The number of hydrogen-bond acceptors (Lipinski definition) is 3. The van der Waals surface area contributed by atoms with Gasteiger partial charge in [0.15, 0.2) is 5.78 Å². The minimum Gasteiger partial charge on any atom is -0.469 e. The lowest BCUT2D eigenvalue weighted by atomic mass is 9.97. The molecule has 1 rings (SSSR count). The summed E-state index contributed by atoms with van der Waals surface area (Å²) in [6, 6.07) is 0. The molecular weight excluding hydrogens is 300 g/mol. The Bertz CT molecular complexity index is 547. The van der Waals surface area contributed by atoms with Crippen LogP contribution in [0.25, 0.3) is 0 Å². The highest BCUT2D eigenvalue weighted by atomic mass is 16.5. The van der Waals surface area contributed by atoms with Crippen molar-refractivity contribution < 1.29 is 14.3 Å². The van der Waals surface area contributed by atoms with Crippen LogP contribution in [0.2, 0.25) is 0 Å². The predicted molar refractivity (Wildman–Crippen MR) is 98.5 cm³/mol. The van der Waals surface area contributed by atoms with Gasteiger partial charge in [-0.2, -0.15) is 0 Å². The maximum absolute atomic E-state index is 11.9. The van der Waals surface area contributed by atoms with E-state index in [0.717, 1.165) is 37.7 Å². The molecule has 3 heteroatoms. The van der Waals surface area contributed by atoms with Crippen molar-refractivity contribution in [3.05, 3.63) is 60.3 Å². The number of rotatable bonds is 10. The van der Waals surface area contributed by atoms with Crippen molar-refractivity contribution >= 4 is 11.8 Å². The third kappa shape index (κ3) is 7.91. The third-order valence-electron chi connectivity index (χ3n) is 3.79. The molecule has 0 saturated heterocycles. The maximum atomic E-state index is 11.9. The fourth-order valence-electron chi connectivity index (χ4n) is 2.42. The molecule has 0 unspecified atom stereocenters. The Hall–Kier alpha value is -2.16. The Morgan fingerprint density at radius 2 is 2.04 bits per heavy atom. The number of methoxy groups -OCH3 is 1. The van der Waals surface area contributed by atoms with Crippen molar-refractivity contribution in [2.45, 2.75) is 45.4 Å². The first-order valence-electron chi connectivity index (χ1n) is 8.65. The Morgan fingerprint density at radius 3 is 2.79 bits per heavy atom.